The highest BCUT2D eigenvalue weighted by atomic mass is 16.2. The van der Waals surface area contributed by atoms with Crippen molar-refractivity contribution in [3.05, 3.63) is 24.3 Å². The zero-order valence-electron chi connectivity index (χ0n) is 13.8. The fourth-order valence-electron chi connectivity index (χ4n) is 3.87. The number of anilines is 1. The van der Waals surface area contributed by atoms with Gasteiger partial charge in [-0.25, -0.2) is 4.98 Å². The highest BCUT2D eigenvalue weighted by Crippen LogP contribution is 2.37. The molecule has 1 saturated heterocycles. The molecule has 0 spiro atoms. The van der Waals surface area contributed by atoms with Gasteiger partial charge in [-0.3, -0.25) is 24.6 Å². The van der Waals surface area contributed by atoms with Crippen LogP contribution >= 0.6 is 0 Å². The number of aromatic amines is 1. The molecule has 0 radical (unpaired) electrons. The van der Waals surface area contributed by atoms with Crippen molar-refractivity contribution in [3.8, 4) is 0 Å². The molecule has 0 bridgehead atoms. The summed E-state index contributed by atoms with van der Waals surface area (Å²) in [4.78, 5) is 45.5. The van der Waals surface area contributed by atoms with Gasteiger partial charge in [-0.2, -0.15) is 0 Å². The van der Waals surface area contributed by atoms with Crippen molar-refractivity contribution < 1.29 is 14.4 Å². The zero-order valence-corrected chi connectivity index (χ0v) is 13.8. The lowest BCUT2D eigenvalue weighted by molar-refractivity contribution is -0.140. The highest BCUT2D eigenvalue weighted by molar-refractivity contribution is 6.05. The fourth-order valence-corrected chi connectivity index (χ4v) is 3.87. The number of nitrogens with one attached hydrogen (secondary N) is 2. The van der Waals surface area contributed by atoms with Crippen molar-refractivity contribution in [1.82, 2.24) is 14.9 Å². The van der Waals surface area contributed by atoms with Gasteiger partial charge in [0, 0.05) is 13.0 Å². The summed E-state index contributed by atoms with van der Waals surface area (Å²) in [5.41, 5.74) is 1.61. The second-order valence-corrected chi connectivity index (χ2v) is 6.73. The Morgan fingerprint density at radius 3 is 2.52 bits per heavy atom. The van der Waals surface area contributed by atoms with Gasteiger partial charge in [0.2, 0.25) is 23.7 Å². The molecule has 7 heteroatoms. The summed E-state index contributed by atoms with van der Waals surface area (Å²) in [5, 5.41) is 2.69. The van der Waals surface area contributed by atoms with Crippen LogP contribution in [0.1, 0.15) is 32.1 Å². The molecule has 130 valence electrons. The number of para-hydroxylation sites is 2. The van der Waals surface area contributed by atoms with Gasteiger partial charge < -0.3 is 4.98 Å². The summed E-state index contributed by atoms with van der Waals surface area (Å²) in [7, 11) is 0. The molecule has 4 rings (SSSR count). The quantitative estimate of drug-likeness (QED) is 0.833. The molecular formula is C18H20N4O3. The maximum absolute atomic E-state index is 12.4. The van der Waals surface area contributed by atoms with Crippen LogP contribution in [0.15, 0.2) is 24.3 Å². The monoisotopic (exact) mass is 340 g/mol. The van der Waals surface area contributed by atoms with Crippen molar-refractivity contribution >= 4 is 34.7 Å². The first-order valence-electron chi connectivity index (χ1n) is 8.73. The molecular weight excluding hydrogens is 320 g/mol. The van der Waals surface area contributed by atoms with Crippen LogP contribution in [-0.4, -0.2) is 39.1 Å². The predicted molar refractivity (Wildman–Crippen MR) is 91.5 cm³/mol. The molecule has 2 aromatic rings. The molecule has 2 unspecified atom stereocenters. The number of rotatable bonds is 4. The first-order chi connectivity index (χ1) is 12.1. The molecule has 1 aromatic carbocycles. The SMILES string of the molecule is O=C(CCN1C(=O)C2CCCCC2C1=O)Nc1nc2ccccc2[nH]1. The third kappa shape index (κ3) is 2.90. The number of carbonyl (C=O) groups excluding carboxylic acids is 3. The van der Waals surface area contributed by atoms with Crippen LogP contribution in [0, 0.1) is 11.8 Å². The average Bonchev–Trinajstić information content (AvgIpc) is 3.13. The van der Waals surface area contributed by atoms with Gasteiger partial charge in [0.1, 0.15) is 0 Å². The molecule has 1 aliphatic heterocycles. The first-order valence-corrected chi connectivity index (χ1v) is 8.73. The van der Waals surface area contributed by atoms with Crippen molar-refractivity contribution in [3.63, 3.8) is 0 Å². The highest BCUT2D eigenvalue weighted by Gasteiger charge is 2.47. The van der Waals surface area contributed by atoms with Crippen LogP contribution in [0.4, 0.5) is 5.95 Å². The first kappa shape index (κ1) is 15.8. The number of benzene rings is 1. The van der Waals surface area contributed by atoms with Gasteiger partial charge in [0.05, 0.1) is 22.9 Å². The zero-order chi connectivity index (χ0) is 17.4. The third-order valence-electron chi connectivity index (χ3n) is 5.14. The Morgan fingerprint density at radius 2 is 1.84 bits per heavy atom. The van der Waals surface area contributed by atoms with E-state index in [4.69, 9.17) is 0 Å². The standard InChI is InChI=1S/C18H20N4O3/c23-15(21-18-19-13-7-3-4-8-14(13)20-18)9-10-22-16(24)11-5-1-2-6-12(11)17(22)25/h3-4,7-8,11-12H,1-2,5-6,9-10H2,(H2,19,20,21,23). The molecule has 3 amide bonds. The van der Waals surface area contributed by atoms with Crippen molar-refractivity contribution in [1.29, 1.82) is 0 Å². The van der Waals surface area contributed by atoms with Crippen LogP contribution in [0.5, 0.6) is 0 Å². The van der Waals surface area contributed by atoms with Crippen LogP contribution in [0.3, 0.4) is 0 Å². The van der Waals surface area contributed by atoms with Gasteiger partial charge in [0.25, 0.3) is 0 Å². The number of carbonyl (C=O) groups is 3. The lowest BCUT2D eigenvalue weighted by atomic mass is 9.81. The smallest absolute Gasteiger partial charge is 0.233 e. The number of imide groups is 1. The Hall–Kier alpha value is -2.70. The minimum Gasteiger partial charge on any atom is -0.324 e. The molecule has 2 heterocycles. The number of hydrogen-bond acceptors (Lipinski definition) is 4. The number of nitrogens with zero attached hydrogens (tertiary/aromatic N) is 2. The average molecular weight is 340 g/mol. The van der Waals surface area contributed by atoms with E-state index in [0.29, 0.717) is 5.95 Å². The summed E-state index contributed by atoms with van der Waals surface area (Å²) in [5.74, 6) is -0.440. The van der Waals surface area contributed by atoms with Crippen molar-refractivity contribution in [2.45, 2.75) is 32.1 Å². The summed E-state index contributed by atoms with van der Waals surface area (Å²) in [6, 6.07) is 7.49. The van der Waals surface area contributed by atoms with Crippen LogP contribution in [-0.2, 0) is 14.4 Å². The molecule has 1 aliphatic carbocycles. The van der Waals surface area contributed by atoms with Crippen molar-refractivity contribution in [2.75, 3.05) is 11.9 Å². The minimum atomic E-state index is -0.269. The number of H-pyrrole nitrogens is 1. The maximum atomic E-state index is 12.4. The summed E-state index contributed by atoms with van der Waals surface area (Å²) < 4.78 is 0. The Morgan fingerprint density at radius 1 is 1.16 bits per heavy atom. The van der Waals surface area contributed by atoms with Crippen LogP contribution in [0.2, 0.25) is 0 Å². The number of imidazole rings is 1. The summed E-state index contributed by atoms with van der Waals surface area (Å²) in [6.07, 6.45) is 3.66. The summed E-state index contributed by atoms with van der Waals surface area (Å²) >= 11 is 0. The Kier molecular flexibility index (Phi) is 3.99. The molecule has 2 N–H and O–H groups in total. The van der Waals surface area contributed by atoms with Gasteiger partial charge >= 0.3 is 0 Å². The number of aromatic nitrogens is 2. The fraction of sp³-hybridized carbons (Fsp3) is 0.444. The maximum Gasteiger partial charge on any atom is 0.233 e. The van der Waals surface area contributed by atoms with E-state index in [2.05, 4.69) is 15.3 Å². The normalized spacial score (nSPS) is 23.1. The lowest BCUT2D eigenvalue weighted by Gasteiger charge is -2.19. The van der Waals surface area contributed by atoms with E-state index in [1.807, 2.05) is 24.3 Å². The number of amides is 3. The number of likely N-dealkylation sites (tertiary alicyclic amines) is 1. The van der Waals surface area contributed by atoms with E-state index >= 15 is 0 Å². The van der Waals surface area contributed by atoms with Crippen molar-refractivity contribution in [2.24, 2.45) is 11.8 Å². The molecule has 25 heavy (non-hydrogen) atoms. The van der Waals surface area contributed by atoms with E-state index < -0.39 is 0 Å². The summed E-state index contributed by atoms with van der Waals surface area (Å²) in [6.45, 7) is 0.136. The Bertz CT molecular complexity index is 787. The van der Waals surface area contributed by atoms with Crippen LogP contribution in [0.25, 0.3) is 11.0 Å². The third-order valence-corrected chi connectivity index (χ3v) is 5.14. The van der Waals surface area contributed by atoms with Gasteiger partial charge in [-0.1, -0.05) is 25.0 Å². The van der Waals surface area contributed by atoms with Gasteiger partial charge in [-0.05, 0) is 25.0 Å². The van der Waals surface area contributed by atoms with E-state index in [9.17, 15) is 14.4 Å². The van der Waals surface area contributed by atoms with E-state index in [1.165, 1.54) is 4.90 Å². The predicted octanol–water partition coefficient (Wildman–Crippen LogP) is 2.07. The van der Waals surface area contributed by atoms with E-state index in [1.54, 1.807) is 0 Å². The second kappa shape index (κ2) is 6.31. The molecule has 2 aliphatic rings. The molecule has 1 aromatic heterocycles. The number of fused-ring (bicyclic) bond motifs is 2. The topological polar surface area (TPSA) is 95.2 Å². The number of hydrogen-bond donors (Lipinski definition) is 2. The Labute approximate surface area is 144 Å². The van der Waals surface area contributed by atoms with E-state index in [0.717, 1.165) is 36.7 Å². The molecule has 7 nitrogen and oxygen atoms in total. The molecule has 2 atom stereocenters. The Balaban J connectivity index is 1.37. The van der Waals surface area contributed by atoms with Crippen LogP contribution < -0.4 is 5.32 Å². The molecule has 2 fully saturated rings. The van der Waals surface area contributed by atoms with E-state index in [-0.39, 0.29) is 42.5 Å². The largest absolute Gasteiger partial charge is 0.324 e. The molecule has 1 saturated carbocycles. The lowest BCUT2D eigenvalue weighted by Crippen LogP contribution is -2.34. The van der Waals surface area contributed by atoms with Gasteiger partial charge in [-0.15, -0.1) is 0 Å². The second-order valence-electron chi connectivity index (χ2n) is 6.73. The minimum absolute atomic E-state index is 0.0773. The van der Waals surface area contributed by atoms with Gasteiger partial charge in [0.15, 0.2) is 0 Å².